The summed E-state index contributed by atoms with van der Waals surface area (Å²) >= 11 is 6.64. The molecule has 2 unspecified atom stereocenters. The predicted molar refractivity (Wildman–Crippen MR) is 132 cm³/mol. The number of nitrogens with two attached hydrogens (primary N) is 1. The molecule has 1 aromatic rings. The number of amides is 2. The molecule has 164 valence electrons. The van der Waals surface area contributed by atoms with Crippen LogP contribution in [0, 0.1) is 9.49 Å². The molecule has 5 nitrogen and oxygen atoms in total. The lowest BCUT2D eigenvalue weighted by Crippen LogP contribution is -2.46. The number of rotatable bonds is 14. The largest absolute Gasteiger partial charge is 0.356 e. The third-order valence-electron chi connectivity index (χ3n) is 4.96. The molecule has 0 aliphatic carbocycles. The van der Waals surface area contributed by atoms with E-state index in [4.69, 9.17) is 5.73 Å². The first-order valence-corrected chi connectivity index (χ1v) is 12.1. The zero-order valence-corrected chi connectivity index (χ0v) is 20.7. The summed E-state index contributed by atoms with van der Waals surface area (Å²) in [5.41, 5.74) is 6.88. The highest BCUT2D eigenvalue weighted by Gasteiger charge is 2.24. The first-order valence-electron chi connectivity index (χ1n) is 10.5. The van der Waals surface area contributed by atoms with E-state index in [2.05, 4.69) is 70.1 Å². The van der Waals surface area contributed by atoms with Crippen LogP contribution in [-0.2, 0) is 16.0 Å². The maximum Gasteiger partial charge on any atom is 0.224 e. The monoisotopic (exact) mass is 533 g/mol. The lowest BCUT2D eigenvalue weighted by molar-refractivity contribution is -0.127. The molecule has 0 aliphatic rings. The van der Waals surface area contributed by atoms with E-state index < -0.39 is 0 Å². The summed E-state index contributed by atoms with van der Waals surface area (Å²) < 4.78 is 1.21. The Labute approximate surface area is 194 Å². The molecule has 4 N–H and O–H groups in total. The van der Waals surface area contributed by atoms with Gasteiger partial charge in [-0.2, -0.15) is 12.6 Å². The fourth-order valence-electron chi connectivity index (χ4n) is 3.12. The van der Waals surface area contributed by atoms with Gasteiger partial charge in [-0.05, 0) is 90.6 Å². The van der Waals surface area contributed by atoms with Crippen molar-refractivity contribution in [2.45, 2.75) is 70.1 Å². The molecule has 1 rings (SSSR count). The number of nitrogens with one attached hydrogen (secondary N) is 2. The molecule has 0 fully saturated rings. The molecule has 0 radical (unpaired) electrons. The van der Waals surface area contributed by atoms with Gasteiger partial charge in [0.05, 0.1) is 5.92 Å². The number of carbonyl (C=O) groups is 2. The van der Waals surface area contributed by atoms with E-state index in [1.54, 1.807) is 0 Å². The van der Waals surface area contributed by atoms with Crippen molar-refractivity contribution in [3.63, 3.8) is 0 Å². The van der Waals surface area contributed by atoms with E-state index in [9.17, 15) is 9.59 Å². The van der Waals surface area contributed by atoms with Crippen molar-refractivity contribution in [2.24, 2.45) is 11.7 Å². The maximum absolute atomic E-state index is 12.5. The highest BCUT2D eigenvalue weighted by Crippen LogP contribution is 2.12. The molecule has 1 aromatic carbocycles. The van der Waals surface area contributed by atoms with Crippen LogP contribution in [0.2, 0.25) is 0 Å². The average Bonchev–Trinajstić information content (AvgIpc) is 2.69. The second-order valence-corrected chi connectivity index (χ2v) is 9.78. The number of aryl methyl sites for hydroxylation is 1. The third-order valence-corrected chi connectivity index (χ3v) is 5.94. The van der Waals surface area contributed by atoms with Crippen LogP contribution >= 0.6 is 35.2 Å². The highest BCUT2D eigenvalue weighted by molar-refractivity contribution is 14.1. The number of hydrogen-bond acceptors (Lipinski definition) is 4. The normalized spacial score (nSPS) is 14.1. The summed E-state index contributed by atoms with van der Waals surface area (Å²) in [5.74, 6) is -0.297. The van der Waals surface area contributed by atoms with E-state index in [1.165, 1.54) is 9.13 Å². The Bertz CT molecular complexity index is 611. The van der Waals surface area contributed by atoms with Gasteiger partial charge < -0.3 is 16.4 Å². The number of halogens is 1. The summed E-state index contributed by atoms with van der Waals surface area (Å²) in [4.78, 5) is 24.9. The highest BCUT2D eigenvalue weighted by atomic mass is 127. The second-order valence-electron chi connectivity index (χ2n) is 7.66. The first-order chi connectivity index (χ1) is 13.8. The number of thiol groups is 1. The molecule has 0 saturated carbocycles. The zero-order valence-electron chi connectivity index (χ0n) is 17.6. The van der Waals surface area contributed by atoms with Crippen molar-refractivity contribution in [2.75, 3.05) is 13.1 Å². The number of benzene rings is 1. The minimum Gasteiger partial charge on any atom is -0.356 e. The minimum absolute atomic E-state index is 0.00100. The van der Waals surface area contributed by atoms with Gasteiger partial charge in [-0.3, -0.25) is 9.59 Å². The Balaban J connectivity index is 2.45. The third kappa shape index (κ3) is 11.8. The molecular formula is C22H36IN3O2S. The Hall–Kier alpha value is -0.800. The predicted octanol–water partition coefficient (Wildman–Crippen LogP) is 3.69. The quantitative estimate of drug-likeness (QED) is 0.167. The molecule has 0 aromatic heterocycles. The molecule has 0 spiro atoms. The summed E-state index contributed by atoms with van der Waals surface area (Å²) in [7, 11) is 0. The second kappa shape index (κ2) is 15.1. The van der Waals surface area contributed by atoms with Gasteiger partial charge in [0.2, 0.25) is 11.8 Å². The topological polar surface area (TPSA) is 84.2 Å². The molecule has 0 bridgehead atoms. The van der Waals surface area contributed by atoms with Crippen LogP contribution in [0.15, 0.2) is 24.3 Å². The maximum atomic E-state index is 12.5. The van der Waals surface area contributed by atoms with Gasteiger partial charge in [0.1, 0.15) is 0 Å². The van der Waals surface area contributed by atoms with E-state index >= 15 is 0 Å². The van der Waals surface area contributed by atoms with Gasteiger partial charge in [-0.1, -0.05) is 26.0 Å². The molecule has 0 saturated heterocycles. The first kappa shape index (κ1) is 26.2. The van der Waals surface area contributed by atoms with Crippen molar-refractivity contribution in [3.8, 4) is 0 Å². The van der Waals surface area contributed by atoms with Gasteiger partial charge in [0.15, 0.2) is 0 Å². The fourth-order valence-corrected chi connectivity index (χ4v) is 3.66. The van der Waals surface area contributed by atoms with Gasteiger partial charge >= 0.3 is 0 Å². The Kier molecular flexibility index (Phi) is 13.6. The van der Waals surface area contributed by atoms with Gasteiger partial charge in [0, 0.05) is 22.6 Å². The van der Waals surface area contributed by atoms with E-state index in [-0.39, 0.29) is 23.8 Å². The van der Waals surface area contributed by atoms with Crippen molar-refractivity contribution >= 4 is 47.0 Å². The molecule has 3 atom stereocenters. The van der Waals surface area contributed by atoms with Gasteiger partial charge in [0.25, 0.3) is 0 Å². The van der Waals surface area contributed by atoms with Crippen LogP contribution in [-0.4, -0.2) is 36.2 Å². The zero-order chi connectivity index (χ0) is 21.6. The fraction of sp³-hybridized carbons (Fsp3) is 0.636. The van der Waals surface area contributed by atoms with Crippen molar-refractivity contribution < 1.29 is 9.59 Å². The lowest BCUT2D eigenvalue weighted by atomic mass is 9.95. The molecule has 7 heteroatoms. The molecule has 0 aliphatic heterocycles. The summed E-state index contributed by atoms with van der Waals surface area (Å²) in [6.07, 6.45) is 5.48. The average molecular weight is 534 g/mol. The van der Waals surface area contributed by atoms with E-state index in [1.807, 2.05) is 13.8 Å². The van der Waals surface area contributed by atoms with Crippen LogP contribution < -0.4 is 16.4 Å². The van der Waals surface area contributed by atoms with Crippen LogP contribution in [0.4, 0.5) is 0 Å². The van der Waals surface area contributed by atoms with Crippen molar-refractivity contribution in [1.29, 1.82) is 0 Å². The summed E-state index contributed by atoms with van der Waals surface area (Å²) in [5, 5.41) is 6.38. The number of hydrogen-bond donors (Lipinski definition) is 4. The van der Waals surface area contributed by atoms with Crippen LogP contribution in [0.1, 0.15) is 57.9 Å². The van der Waals surface area contributed by atoms with Crippen LogP contribution in [0.25, 0.3) is 0 Å². The Morgan fingerprint density at radius 2 is 1.79 bits per heavy atom. The van der Waals surface area contributed by atoms with E-state index in [0.29, 0.717) is 31.2 Å². The molecule has 29 heavy (non-hydrogen) atoms. The standard InChI is InChI=1S/C22H36IN3O2S/c1-16(29)6-5-15-25-22(28)17(2)20(8-4-14-24)26-21(27)9-3-7-18-10-12-19(23)13-11-18/h10-13,16-17,20,29H,3-9,14-15,24H2,1-2H3,(H,25,28)(H,26,27)/t16?,17?,20-/m1/s1. The molecular weight excluding hydrogens is 497 g/mol. The van der Waals surface area contributed by atoms with Crippen LogP contribution in [0.3, 0.4) is 0 Å². The molecule has 2 amide bonds. The van der Waals surface area contributed by atoms with Crippen molar-refractivity contribution in [3.05, 3.63) is 33.4 Å². The SMILES string of the molecule is CC(S)CCCNC(=O)C(C)[C@@H](CCCN)NC(=O)CCCc1ccc(I)cc1. The Morgan fingerprint density at radius 1 is 1.10 bits per heavy atom. The van der Waals surface area contributed by atoms with Gasteiger partial charge in [-0.25, -0.2) is 0 Å². The smallest absolute Gasteiger partial charge is 0.224 e. The summed E-state index contributed by atoms with van der Waals surface area (Å²) in [6.45, 7) is 5.11. The van der Waals surface area contributed by atoms with Crippen molar-refractivity contribution in [1.82, 2.24) is 10.6 Å². The lowest BCUT2D eigenvalue weighted by Gasteiger charge is -2.25. The number of carbonyl (C=O) groups excluding carboxylic acids is 2. The minimum atomic E-state index is -0.282. The van der Waals surface area contributed by atoms with Crippen LogP contribution in [0.5, 0.6) is 0 Å². The summed E-state index contributed by atoms with van der Waals surface area (Å²) in [6, 6.07) is 8.18. The van der Waals surface area contributed by atoms with E-state index in [0.717, 1.165) is 32.1 Å². The van der Waals surface area contributed by atoms with Gasteiger partial charge in [-0.15, -0.1) is 0 Å². The Morgan fingerprint density at radius 3 is 2.41 bits per heavy atom. The molecule has 0 heterocycles.